The number of rotatable bonds is 3. The lowest BCUT2D eigenvalue weighted by Crippen LogP contribution is -2.29. The summed E-state index contributed by atoms with van der Waals surface area (Å²) in [5, 5.41) is 0. The van der Waals surface area contributed by atoms with Crippen molar-refractivity contribution in [1.29, 1.82) is 0 Å². The first kappa shape index (κ1) is 15.7. The van der Waals surface area contributed by atoms with E-state index < -0.39 is 34.7 Å². The normalized spacial score (nSPS) is 21.2. The summed E-state index contributed by atoms with van der Waals surface area (Å²) >= 11 is 0. The molecule has 9 heteroatoms. The third-order valence-electron chi connectivity index (χ3n) is 3.19. The van der Waals surface area contributed by atoms with E-state index in [2.05, 4.69) is 0 Å². The number of nitrogens with zero attached hydrogens (tertiary/aromatic N) is 1. The second kappa shape index (κ2) is 5.25. The van der Waals surface area contributed by atoms with E-state index in [4.69, 9.17) is 10.7 Å². The molecule has 20 heavy (non-hydrogen) atoms. The van der Waals surface area contributed by atoms with Crippen LogP contribution in [-0.2, 0) is 19.1 Å². The number of halogens is 2. The van der Waals surface area contributed by atoms with E-state index in [0.717, 1.165) is 18.6 Å². The highest BCUT2D eigenvalue weighted by Crippen LogP contribution is 2.27. The van der Waals surface area contributed by atoms with Crippen molar-refractivity contribution >= 4 is 29.8 Å². The molecule has 5 nitrogen and oxygen atoms in total. The maximum absolute atomic E-state index is 13.9. The molecule has 1 aliphatic rings. The summed E-state index contributed by atoms with van der Waals surface area (Å²) < 4.78 is 61.8. The molecule has 0 bridgehead atoms. The first-order valence-corrected chi connectivity index (χ1v) is 9.61. The predicted octanol–water partition coefficient (Wildman–Crippen LogP) is 1.78. The molecule has 1 aromatic rings. The summed E-state index contributed by atoms with van der Waals surface area (Å²) in [6.07, 6.45) is 0.717. The SMILES string of the molecule is CC1CCN(S(=O)(=O)c2ccc(S(=O)(=O)Cl)cc2F)C1. The zero-order chi connectivity index (χ0) is 15.1. The van der Waals surface area contributed by atoms with E-state index in [1.165, 1.54) is 4.31 Å². The average Bonchev–Trinajstić information content (AvgIpc) is 2.75. The molecule has 0 saturated carbocycles. The molecule has 1 atom stereocenters. The van der Waals surface area contributed by atoms with E-state index >= 15 is 0 Å². The van der Waals surface area contributed by atoms with Crippen molar-refractivity contribution in [3.05, 3.63) is 24.0 Å². The molecule has 0 aliphatic carbocycles. The molecule has 1 fully saturated rings. The van der Waals surface area contributed by atoms with Crippen molar-refractivity contribution < 1.29 is 21.2 Å². The Bertz CT molecular complexity index is 733. The highest BCUT2D eigenvalue weighted by Gasteiger charge is 2.32. The molecule has 112 valence electrons. The molecule has 0 spiro atoms. The highest BCUT2D eigenvalue weighted by molar-refractivity contribution is 8.13. The third-order valence-corrected chi connectivity index (χ3v) is 6.44. The van der Waals surface area contributed by atoms with Gasteiger partial charge in [0.15, 0.2) is 0 Å². The number of benzene rings is 1. The van der Waals surface area contributed by atoms with Crippen molar-refractivity contribution in [3.63, 3.8) is 0 Å². The van der Waals surface area contributed by atoms with Gasteiger partial charge in [0.25, 0.3) is 9.05 Å². The lowest BCUT2D eigenvalue weighted by molar-refractivity contribution is 0.457. The van der Waals surface area contributed by atoms with Crippen LogP contribution in [0.4, 0.5) is 4.39 Å². The molecule has 1 heterocycles. The van der Waals surface area contributed by atoms with Crippen molar-refractivity contribution in [2.24, 2.45) is 5.92 Å². The monoisotopic (exact) mass is 341 g/mol. The number of sulfonamides is 1. The molecular weight excluding hydrogens is 329 g/mol. The van der Waals surface area contributed by atoms with E-state index in [1.807, 2.05) is 6.92 Å². The van der Waals surface area contributed by atoms with Crippen molar-refractivity contribution in [1.82, 2.24) is 4.31 Å². The molecular formula is C11H13ClFNO4S2. The minimum atomic E-state index is -4.09. The topological polar surface area (TPSA) is 71.5 Å². The average molecular weight is 342 g/mol. The van der Waals surface area contributed by atoms with Gasteiger partial charge in [-0.25, -0.2) is 21.2 Å². The maximum atomic E-state index is 13.9. The van der Waals surface area contributed by atoms with Gasteiger partial charge in [0, 0.05) is 23.8 Å². The summed E-state index contributed by atoms with van der Waals surface area (Å²) in [5.41, 5.74) is 0. The Hall–Kier alpha value is -0.700. The molecule has 2 rings (SSSR count). The number of hydrogen-bond donors (Lipinski definition) is 0. The van der Waals surface area contributed by atoms with Crippen molar-refractivity contribution in [3.8, 4) is 0 Å². The lowest BCUT2D eigenvalue weighted by Gasteiger charge is -2.16. The molecule has 1 aromatic carbocycles. The molecule has 0 radical (unpaired) electrons. The van der Waals surface area contributed by atoms with Crippen LogP contribution in [0.5, 0.6) is 0 Å². The Morgan fingerprint density at radius 3 is 2.40 bits per heavy atom. The molecule has 0 aromatic heterocycles. The maximum Gasteiger partial charge on any atom is 0.261 e. The molecule has 1 saturated heterocycles. The Balaban J connectivity index is 2.43. The van der Waals surface area contributed by atoms with Gasteiger partial charge in [0.2, 0.25) is 10.0 Å². The van der Waals surface area contributed by atoms with E-state index in [0.29, 0.717) is 19.2 Å². The van der Waals surface area contributed by atoms with E-state index in [1.54, 1.807) is 0 Å². The van der Waals surface area contributed by atoms with Gasteiger partial charge >= 0.3 is 0 Å². The zero-order valence-electron chi connectivity index (χ0n) is 10.6. The van der Waals surface area contributed by atoms with E-state index in [-0.39, 0.29) is 5.92 Å². The largest absolute Gasteiger partial charge is 0.261 e. The second-order valence-electron chi connectivity index (χ2n) is 4.79. The molecule has 0 N–H and O–H groups in total. The predicted molar refractivity (Wildman–Crippen MR) is 72.0 cm³/mol. The Morgan fingerprint density at radius 2 is 1.95 bits per heavy atom. The lowest BCUT2D eigenvalue weighted by atomic mass is 10.2. The Morgan fingerprint density at radius 1 is 1.30 bits per heavy atom. The van der Waals surface area contributed by atoms with Crippen molar-refractivity contribution in [2.45, 2.75) is 23.1 Å². The van der Waals surface area contributed by atoms with Crippen LogP contribution < -0.4 is 0 Å². The van der Waals surface area contributed by atoms with Crippen LogP contribution in [-0.4, -0.2) is 34.2 Å². The van der Waals surface area contributed by atoms with Crippen LogP contribution in [0.3, 0.4) is 0 Å². The minimum absolute atomic E-state index is 0.218. The Kier molecular flexibility index (Phi) is 4.12. The summed E-state index contributed by atoms with van der Waals surface area (Å²) in [5.74, 6) is -0.901. The summed E-state index contributed by atoms with van der Waals surface area (Å²) in [6, 6.07) is 2.54. The number of hydrogen-bond acceptors (Lipinski definition) is 4. The minimum Gasteiger partial charge on any atom is -0.207 e. The van der Waals surface area contributed by atoms with Gasteiger partial charge in [-0.05, 0) is 30.5 Å². The summed E-state index contributed by atoms with van der Waals surface area (Å²) in [4.78, 5) is -0.999. The smallest absolute Gasteiger partial charge is 0.207 e. The fourth-order valence-electron chi connectivity index (χ4n) is 2.09. The van der Waals surface area contributed by atoms with Gasteiger partial charge in [0.05, 0.1) is 4.90 Å². The standard InChI is InChI=1S/C11H13ClFNO4S2/c1-8-4-5-14(7-8)20(17,18)11-3-2-9(6-10(11)13)19(12,15)16/h2-3,6,8H,4-5,7H2,1H3. The van der Waals surface area contributed by atoms with Crippen LogP contribution in [0, 0.1) is 11.7 Å². The summed E-state index contributed by atoms with van der Waals surface area (Å²) in [6.45, 7) is 2.57. The van der Waals surface area contributed by atoms with Gasteiger partial charge in [-0.15, -0.1) is 0 Å². The fraction of sp³-hybridized carbons (Fsp3) is 0.455. The molecule has 1 aliphatic heterocycles. The first-order valence-electron chi connectivity index (χ1n) is 5.87. The zero-order valence-corrected chi connectivity index (χ0v) is 13.0. The van der Waals surface area contributed by atoms with Crippen LogP contribution in [0.15, 0.2) is 28.0 Å². The van der Waals surface area contributed by atoms with Gasteiger partial charge in [-0.3, -0.25) is 0 Å². The highest BCUT2D eigenvalue weighted by atomic mass is 35.7. The quantitative estimate of drug-likeness (QED) is 0.786. The van der Waals surface area contributed by atoms with Crippen LogP contribution in [0.1, 0.15) is 13.3 Å². The van der Waals surface area contributed by atoms with Crippen LogP contribution in [0.25, 0.3) is 0 Å². The third kappa shape index (κ3) is 2.98. The summed E-state index contributed by atoms with van der Waals surface area (Å²) in [7, 11) is -2.95. The van der Waals surface area contributed by atoms with Crippen LogP contribution >= 0.6 is 10.7 Å². The molecule has 0 amide bonds. The van der Waals surface area contributed by atoms with Gasteiger partial charge in [-0.1, -0.05) is 6.92 Å². The van der Waals surface area contributed by atoms with Gasteiger partial charge in [0.1, 0.15) is 10.7 Å². The van der Waals surface area contributed by atoms with Gasteiger partial charge < -0.3 is 0 Å². The first-order chi connectivity index (χ1) is 9.12. The van der Waals surface area contributed by atoms with Gasteiger partial charge in [-0.2, -0.15) is 4.31 Å². The Labute approximate surface area is 121 Å². The van der Waals surface area contributed by atoms with E-state index in [9.17, 15) is 21.2 Å². The van der Waals surface area contributed by atoms with Crippen LogP contribution in [0.2, 0.25) is 0 Å². The molecule has 1 unspecified atom stereocenters. The fourth-order valence-corrected chi connectivity index (χ4v) is 4.48. The van der Waals surface area contributed by atoms with Crippen molar-refractivity contribution in [2.75, 3.05) is 13.1 Å². The second-order valence-corrected chi connectivity index (χ2v) is 9.26.